The van der Waals surface area contributed by atoms with Crippen molar-refractivity contribution in [3.05, 3.63) is 71.1 Å². The fourth-order valence-corrected chi connectivity index (χ4v) is 2.86. The van der Waals surface area contributed by atoms with Crippen molar-refractivity contribution in [1.29, 1.82) is 0 Å². The van der Waals surface area contributed by atoms with Crippen LogP contribution in [-0.4, -0.2) is 10.9 Å². The number of nitrogens with zero attached hydrogens (tertiary/aromatic N) is 1. The first-order chi connectivity index (χ1) is 11.2. The molecule has 0 aliphatic carbocycles. The zero-order valence-corrected chi connectivity index (χ0v) is 13.5. The van der Waals surface area contributed by atoms with Crippen LogP contribution in [0.15, 0.2) is 58.3 Å². The average molecular weight is 324 g/mol. The summed E-state index contributed by atoms with van der Waals surface area (Å²) in [6.07, 6.45) is 3.11. The van der Waals surface area contributed by atoms with Crippen molar-refractivity contribution in [3.8, 4) is 10.6 Å². The van der Waals surface area contributed by atoms with Gasteiger partial charge in [-0.15, -0.1) is 11.3 Å². The van der Waals surface area contributed by atoms with Crippen LogP contribution in [0.25, 0.3) is 16.6 Å². The first-order valence-electron chi connectivity index (χ1n) is 7.23. The Morgan fingerprint density at radius 3 is 2.83 bits per heavy atom. The van der Waals surface area contributed by atoms with Gasteiger partial charge in [0.2, 0.25) is 5.91 Å². The van der Waals surface area contributed by atoms with Gasteiger partial charge in [-0.25, -0.2) is 4.98 Å². The van der Waals surface area contributed by atoms with E-state index >= 15 is 0 Å². The predicted molar refractivity (Wildman–Crippen MR) is 91.9 cm³/mol. The van der Waals surface area contributed by atoms with Crippen molar-refractivity contribution >= 4 is 23.3 Å². The normalized spacial score (nSPS) is 11.0. The number of thiazole rings is 1. The molecule has 116 valence electrons. The number of hydrogen-bond acceptors (Lipinski definition) is 4. The van der Waals surface area contributed by atoms with Crippen LogP contribution < -0.4 is 5.32 Å². The van der Waals surface area contributed by atoms with Crippen LogP contribution in [-0.2, 0) is 11.3 Å². The van der Waals surface area contributed by atoms with Crippen molar-refractivity contribution in [2.24, 2.45) is 0 Å². The Hall–Kier alpha value is -2.66. The standard InChI is InChI=1S/C18H16N2O2S/c1-13-7-8-16(22-13)9-10-17(21)19-11-15-12-23-18(20-15)14-5-3-2-4-6-14/h2-10,12H,11H2,1H3,(H,19,21)/b10-9+. The zero-order valence-electron chi connectivity index (χ0n) is 12.7. The molecule has 0 atom stereocenters. The van der Waals surface area contributed by atoms with E-state index < -0.39 is 0 Å². The molecule has 1 aromatic carbocycles. The van der Waals surface area contributed by atoms with Crippen molar-refractivity contribution < 1.29 is 9.21 Å². The molecule has 4 nitrogen and oxygen atoms in total. The number of benzene rings is 1. The van der Waals surface area contributed by atoms with Crippen LogP contribution in [0.5, 0.6) is 0 Å². The quantitative estimate of drug-likeness (QED) is 0.721. The molecule has 0 fully saturated rings. The van der Waals surface area contributed by atoms with E-state index in [1.54, 1.807) is 17.4 Å². The van der Waals surface area contributed by atoms with E-state index in [1.165, 1.54) is 6.08 Å². The smallest absolute Gasteiger partial charge is 0.244 e. The van der Waals surface area contributed by atoms with E-state index in [0.29, 0.717) is 12.3 Å². The number of carbonyl (C=O) groups is 1. The Morgan fingerprint density at radius 2 is 2.09 bits per heavy atom. The maximum Gasteiger partial charge on any atom is 0.244 e. The molecule has 0 aliphatic rings. The number of amides is 1. The molecule has 0 unspecified atom stereocenters. The lowest BCUT2D eigenvalue weighted by Gasteiger charge is -1.98. The highest BCUT2D eigenvalue weighted by atomic mass is 32.1. The van der Waals surface area contributed by atoms with E-state index in [1.807, 2.05) is 54.8 Å². The summed E-state index contributed by atoms with van der Waals surface area (Å²) in [5.74, 6) is 1.31. The summed E-state index contributed by atoms with van der Waals surface area (Å²) in [6, 6.07) is 13.7. The maximum absolute atomic E-state index is 11.8. The number of aryl methyl sites for hydroxylation is 1. The summed E-state index contributed by atoms with van der Waals surface area (Å²) < 4.78 is 5.37. The molecule has 1 N–H and O–H groups in total. The monoisotopic (exact) mass is 324 g/mol. The molecule has 23 heavy (non-hydrogen) atoms. The Bertz CT molecular complexity index is 818. The van der Waals surface area contributed by atoms with Gasteiger partial charge >= 0.3 is 0 Å². The molecule has 1 amide bonds. The lowest BCUT2D eigenvalue weighted by molar-refractivity contribution is -0.116. The molecule has 3 rings (SSSR count). The minimum Gasteiger partial charge on any atom is -0.462 e. The minimum atomic E-state index is -0.173. The van der Waals surface area contributed by atoms with Crippen LogP contribution in [0.2, 0.25) is 0 Å². The van der Waals surface area contributed by atoms with Gasteiger partial charge in [-0.2, -0.15) is 0 Å². The van der Waals surface area contributed by atoms with E-state index in [-0.39, 0.29) is 5.91 Å². The topological polar surface area (TPSA) is 55.1 Å². The summed E-state index contributed by atoms with van der Waals surface area (Å²) >= 11 is 1.57. The first kappa shape index (κ1) is 15.2. The summed E-state index contributed by atoms with van der Waals surface area (Å²) in [6.45, 7) is 2.27. The third-order valence-electron chi connectivity index (χ3n) is 3.18. The molecule has 0 saturated heterocycles. The third-order valence-corrected chi connectivity index (χ3v) is 4.12. The summed E-state index contributed by atoms with van der Waals surface area (Å²) in [5.41, 5.74) is 1.94. The SMILES string of the molecule is Cc1ccc(/C=C/C(=O)NCc2csc(-c3ccccc3)n2)o1. The Labute approximate surface area is 138 Å². The van der Waals surface area contributed by atoms with Gasteiger partial charge in [0.15, 0.2) is 0 Å². The largest absolute Gasteiger partial charge is 0.462 e. The molecular weight excluding hydrogens is 308 g/mol. The van der Waals surface area contributed by atoms with Crippen molar-refractivity contribution in [1.82, 2.24) is 10.3 Å². The van der Waals surface area contributed by atoms with Crippen molar-refractivity contribution in [2.45, 2.75) is 13.5 Å². The second kappa shape index (κ2) is 7.07. The highest BCUT2D eigenvalue weighted by molar-refractivity contribution is 7.13. The molecule has 2 aromatic heterocycles. The molecule has 0 aliphatic heterocycles. The number of aromatic nitrogens is 1. The zero-order chi connectivity index (χ0) is 16.1. The van der Waals surface area contributed by atoms with E-state index in [0.717, 1.165) is 22.0 Å². The minimum absolute atomic E-state index is 0.173. The third kappa shape index (κ3) is 4.17. The maximum atomic E-state index is 11.8. The Kier molecular flexibility index (Phi) is 4.68. The van der Waals surface area contributed by atoms with Crippen molar-refractivity contribution in [2.75, 3.05) is 0 Å². The lowest BCUT2D eigenvalue weighted by Crippen LogP contribution is -2.20. The van der Waals surface area contributed by atoms with Crippen LogP contribution >= 0.6 is 11.3 Å². The Balaban J connectivity index is 1.55. The van der Waals surface area contributed by atoms with Gasteiger partial charge in [-0.1, -0.05) is 30.3 Å². The van der Waals surface area contributed by atoms with Gasteiger partial charge in [-0.05, 0) is 25.1 Å². The van der Waals surface area contributed by atoms with Gasteiger partial charge < -0.3 is 9.73 Å². The van der Waals surface area contributed by atoms with Gasteiger partial charge in [0.25, 0.3) is 0 Å². The van der Waals surface area contributed by atoms with Crippen LogP contribution in [0, 0.1) is 6.92 Å². The average Bonchev–Trinajstić information content (AvgIpc) is 3.21. The van der Waals surface area contributed by atoms with Crippen molar-refractivity contribution in [3.63, 3.8) is 0 Å². The molecule has 2 heterocycles. The van der Waals surface area contributed by atoms with E-state index in [9.17, 15) is 4.79 Å². The first-order valence-corrected chi connectivity index (χ1v) is 8.11. The van der Waals surface area contributed by atoms with Crippen LogP contribution in [0.1, 0.15) is 17.2 Å². The second-order valence-electron chi connectivity index (χ2n) is 5.01. The fourth-order valence-electron chi connectivity index (χ4n) is 2.04. The predicted octanol–water partition coefficient (Wildman–Crippen LogP) is 4.04. The molecule has 5 heteroatoms. The number of furan rings is 1. The highest BCUT2D eigenvalue weighted by Gasteiger charge is 2.05. The molecule has 3 aromatic rings. The molecule has 0 bridgehead atoms. The molecule has 0 spiro atoms. The molecule has 0 saturated carbocycles. The molecule has 0 radical (unpaired) electrons. The van der Waals surface area contributed by atoms with Crippen LogP contribution in [0.4, 0.5) is 0 Å². The number of nitrogens with one attached hydrogen (secondary N) is 1. The molecular formula is C18H16N2O2S. The summed E-state index contributed by atoms with van der Waals surface area (Å²) in [7, 11) is 0. The highest BCUT2D eigenvalue weighted by Crippen LogP contribution is 2.23. The van der Waals surface area contributed by atoms with E-state index in [4.69, 9.17) is 4.42 Å². The van der Waals surface area contributed by atoms with Gasteiger partial charge in [0.1, 0.15) is 16.5 Å². The number of rotatable bonds is 5. The second-order valence-corrected chi connectivity index (χ2v) is 5.87. The lowest BCUT2D eigenvalue weighted by atomic mass is 10.2. The van der Waals surface area contributed by atoms with Gasteiger partial charge in [-0.3, -0.25) is 4.79 Å². The van der Waals surface area contributed by atoms with Crippen LogP contribution in [0.3, 0.4) is 0 Å². The summed E-state index contributed by atoms with van der Waals surface area (Å²) in [4.78, 5) is 16.3. The Morgan fingerprint density at radius 1 is 1.26 bits per heavy atom. The number of carbonyl (C=O) groups excluding carboxylic acids is 1. The van der Waals surface area contributed by atoms with Gasteiger partial charge in [0.05, 0.1) is 12.2 Å². The fraction of sp³-hybridized carbons (Fsp3) is 0.111. The summed E-state index contributed by atoms with van der Waals surface area (Å²) in [5, 5.41) is 5.73. The van der Waals surface area contributed by atoms with Gasteiger partial charge in [0, 0.05) is 17.0 Å². The van der Waals surface area contributed by atoms with E-state index in [2.05, 4.69) is 10.3 Å². The number of hydrogen-bond donors (Lipinski definition) is 1.